The molecule has 0 unspecified atom stereocenters. The number of hydrazone groups is 1. The van der Waals surface area contributed by atoms with E-state index in [0.717, 1.165) is 30.4 Å². The smallest absolute Gasteiger partial charge is 0.244 e. The summed E-state index contributed by atoms with van der Waals surface area (Å²) in [6.07, 6.45) is 8.02. The predicted octanol–water partition coefficient (Wildman–Crippen LogP) is 3.76. The van der Waals surface area contributed by atoms with E-state index >= 15 is 0 Å². The molecule has 7 heteroatoms. The first-order valence-electron chi connectivity index (χ1n) is 9.04. The average molecular weight is 385 g/mol. The number of hydrogen-bond acceptors (Lipinski definition) is 5. The van der Waals surface area contributed by atoms with Gasteiger partial charge in [0, 0.05) is 19.3 Å². The molecule has 1 aliphatic rings. The van der Waals surface area contributed by atoms with Crippen LogP contribution in [0.3, 0.4) is 0 Å². The molecule has 0 saturated carbocycles. The molecule has 2 aromatic rings. The van der Waals surface area contributed by atoms with Gasteiger partial charge < -0.3 is 0 Å². The molecule has 1 N–H and O–H groups in total. The number of hydrogen-bond donors (Lipinski definition) is 1. The average Bonchev–Trinajstić information content (AvgIpc) is 2.70. The Morgan fingerprint density at radius 2 is 1.85 bits per heavy atom. The number of aromatic nitrogens is 1. The number of piperidine rings is 1. The van der Waals surface area contributed by atoms with E-state index in [9.17, 15) is 8.42 Å². The third-order valence-electron chi connectivity index (χ3n) is 4.33. The molecule has 0 atom stereocenters. The monoisotopic (exact) mass is 384 g/mol. The van der Waals surface area contributed by atoms with Crippen LogP contribution in [0.1, 0.15) is 31.7 Å². The molecule has 2 heterocycles. The Labute approximate surface area is 160 Å². The van der Waals surface area contributed by atoms with Gasteiger partial charge in [0.1, 0.15) is 10.7 Å². The van der Waals surface area contributed by atoms with Gasteiger partial charge in [-0.15, -0.1) is 0 Å². The number of nitrogens with one attached hydrogen (secondary N) is 1. The van der Waals surface area contributed by atoms with Crippen molar-refractivity contribution in [1.82, 2.24) is 9.29 Å². The molecule has 0 bridgehead atoms. The van der Waals surface area contributed by atoms with Crippen molar-refractivity contribution < 1.29 is 8.42 Å². The lowest BCUT2D eigenvalue weighted by Gasteiger charge is -2.25. The SMILES string of the molecule is CC(/C=N/Nc1ccc(S(=O)(=O)N2CCCCC2)cn1)=C\c1ccccc1. The molecule has 0 aliphatic carbocycles. The summed E-state index contributed by atoms with van der Waals surface area (Å²) in [5.74, 6) is 0.497. The highest BCUT2D eigenvalue weighted by atomic mass is 32.2. The van der Waals surface area contributed by atoms with Crippen molar-refractivity contribution in [2.45, 2.75) is 31.1 Å². The van der Waals surface area contributed by atoms with Gasteiger partial charge in [0.25, 0.3) is 0 Å². The molecule has 0 spiro atoms. The van der Waals surface area contributed by atoms with Gasteiger partial charge in [-0.05, 0) is 43.0 Å². The number of nitrogens with zero attached hydrogens (tertiary/aromatic N) is 3. The number of benzene rings is 1. The zero-order valence-corrected chi connectivity index (χ0v) is 16.2. The van der Waals surface area contributed by atoms with E-state index in [4.69, 9.17) is 0 Å². The number of rotatable bonds is 6. The second-order valence-electron chi connectivity index (χ2n) is 6.51. The highest BCUT2D eigenvalue weighted by Crippen LogP contribution is 2.20. The van der Waals surface area contributed by atoms with Gasteiger partial charge in [0.2, 0.25) is 10.0 Å². The summed E-state index contributed by atoms with van der Waals surface area (Å²) in [5.41, 5.74) is 4.92. The molecule has 3 rings (SSSR count). The van der Waals surface area contributed by atoms with Crippen molar-refractivity contribution >= 4 is 28.1 Å². The first-order valence-corrected chi connectivity index (χ1v) is 10.5. The number of sulfonamides is 1. The molecular weight excluding hydrogens is 360 g/mol. The normalized spacial score (nSPS) is 16.6. The van der Waals surface area contributed by atoms with Gasteiger partial charge in [0.15, 0.2) is 0 Å². The van der Waals surface area contributed by atoms with Crippen molar-refractivity contribution in [3.63, 3.8) is 0 Å². The molecular formula is C20H24N4O2S. The lowest BCUT2D eigenvalue weighted by Crippen LogP contribution is -2.35. The predicted molar refractivity (Wildman–Crippen MR) is 109 cm³/mol. The van der Waals surface area contributed by atoms with Gasteiger partial charge in [-0.25, -0.2) is 13.4 Å². The summed E-state index contributed by atoms with van der Waals surface area (Å²) >= 11 is 0. The van der Waals surface area contributed by atoms with Crippen LogP contribution in [-0.2, 0) is 10.0 Å². The summed E-state index contributed by atoms with van der Waals surface area (Å²) in [7, 11) is -3.45. The second kappa shape index (κ2) is 8.92. The van der Waals surface area contributed by atoms with Crippen molar-refractivity contribution in [2.24, 2.45) is 5.10 Å². The highest BCUT2D eigenvalue weighted by Gasteiger charge is 2.25. The number of anilines is 1. The van der Waals surface area contributed by atoms with Crippen molar-refractivity contribution in [3.05, 3.63) is 59.8 Å². The Morgan fingerprint density at radius 3 is 2.52 bits per heavy atom. The fourth-order valence-electron chi connectivity index (χ4n) is 2.90. The van der Waals surface area contributed by atoms with E-state index in [2.05, 4.69) is 15.5 Å². The first-order chi connectivity index (χ1) is 13.1. The van der Waals surface area contributed by atoms with E-state index in [1.165, 1.54) is 10.5 Å². The summed E-state index contributed by atoms with van der Waals surface area (Å²) < 4.78 is 26.7. The van der Waals surface area contributed by atoms with Crippen LogP contribution in [0.2, 0.25) is 0 Å². The molecule has 1 saturated heterocycles. The molecule has 1 fully saturated rings. The Bertz CT molecular complexity index is 901. The van der Waals surface area contributed by atoms with E-state index in [0.29, 0.717) is 18.9 Å². The van der Waals surface area contributed by atoms with Crippen LogP contribution in [0, 0.1) is 0 Å². The highest BCUT2D eigenvalue weighted by molar-refractivity contribution is 7.89. The van der Waals surface area contributed by atoms with Gasteiger partial charge in [-0.2, -0.15) is 9.41 Å². The summed E-state index contributed by atoms with van der Waals surface area (Å²) in [6, 6.07) is 13.2. The number of pyridine rings is 1. The quantitative estimate of drug-likeness (QED) is 0.608. The molecule has 0 amide bonds. The van der Waals surface area contributed by atoms with E-state index in [-0.39, 0.29) is 4.90 Å². The zero-order chi connectivity index (χ0) is 19.1. The Morgan fingerprint density at radius 1 is 1.11 bits per heavy atom. The van der Waals surface area contributed by atoms with Gasteiger partial charge >= 0.3 is 0 Å². The molecule has 142 valence electrons. The minimum absolute atomic E-state index is 0.221. The maximum Gasteiger partial charge on any atom is 0.244 e. The number of allylic oxidation sites excluding steroid dienone is 1. The van der Waals surface area contributed by atoms with E-state index in [1.807, 2.05) is 43.3 Å². The minimum Gasteiger partial charge on any atom is -0.261 e. The third kappa shape index (κ3) is 5.24. The van der Waals surface area contributed by atoms with E-state index < -0.39 is 10.0 Å². The summed E-state index contributed by atoms with van der Waals surface area (Å²) in [4.78, 5) is 4.39. The lowest BCUT2D eigenvalue weighted by atomic mass is 10.1. The molecule has 1 aliphatic heterocycles. The Hall–Kier alpha value is -2.51. The molecule has 6 nitrogen and oxygen atoms in total. The first kappa shape index (κ1) is 19.3. The van der Waals surface area contributed by atoms with Crippen molar-refractivity contribution in [3.8, 4) is 0 Å². The van der Waals surface area contributed by atoms with Crippen molar-refractivity contribution in [2.75, 3.05) is 18.5 Å². The van der Waals surface area contributed by atoms with Crippen LogP contribution in [0.25, 0.3) is 6.08 Å². The van der Waals surface area contributed by atoms with Gasteiger partial charge in [-0.3, -0.25) is 5.43 Å². The van der Waals surface area contributed by atoms with Crippen LogP contribution in [0.5, 0.6) is 0 Å². The fraction of sp³-hybridized carbons (Fsp3) is 0.300. The lowest BCUT2D eigenvalue weighted by molar-refractivity contribution is 0.346. The summed E-state index contributed by atoms with van der Waals surface area (Å²) in [6.45, 7) is 3.12. The topological polar surface area (TPSA) is 74.7 Å². The van der Waals surface area contributed by atoms with Crippen LogP contribution < -0.4 is 5.43 Å². The second-order valence-corrected chi connectivity index (χ2v) is 8.45. The molecule has 1 aromatic heterocycles. The van der Waals surface area contributed by atoms with Gasteiger partial charge in [0.05, 0.1) is 6.21 Å². The van der Waals surface area contributed by atoms with Crippen LogP contribution in [-0.4, -0.2) is 37.0 Å². The maximum atomic E-state index is 12.6. The Balaban J connectivity index is 1.61. The van der Waals surface area contributed by atoms with Crippen LogP contribution >= 0.6 is 0 Å². The Kier molecular flexibility index (Phi) is 6.36. The maximum absolute atomic E-state index is 12.6. The molecule has 27 heavy (non-hydrogen) atoms. The van der Waals surface area contributed by atoms with Crippen molar-refractivity contribution in [1.29, 1.82) is 0 Å². The minimum atomic E-state index is -3.45. The molecule has 0 radical (unpaired) electrons. The van der Waals surface area contributed by atoms with E-state index in [1.54, 1.807) is 18.3 Å². The zero-order valence-electron chi connectivity index (χ0n) is 15.4. The molecule has 1 aromatic carbocycles. The standard InChI is InChI=1S/C20H24N4O2S/c1-17(14-18-8-4-2-5-9-18)15-22-23-20-11-10-19(16-21-20)27(25,26)24-12-6-3-7-13-24/h2,4-5,8-11,14-16H,3,6-7,12-13H2,1H3,(H,21,23)/b17-14+,22-15+. The fourth-order valence-corrected chi connectivity index (χ4v) is 4.37. The van der Waals surface area contributed by atoms with Gasteiger partial charge in [-0.1, -0.05) is 42.8 Å². The van der Waals surface area contributed by atoms with Crippen LogP contribution in [0.15, 0.2) is 64.2 Å². The third-order valence-corrected chi connectivity index (χ3v) is 6.21. The van der Waals surface area contributed by atoms with Crippen LogP contribution in [0.4, 0.5) is 5.82 Å². The summed E-state index contributed by atoms with van der Waals surface area (Å²) in [5, 5.41) is 4.15. The largest absolute Gasteiger partial charge is 0.261 e.